The summed E-state index contributed by atoms with van der Waals surface area (Å²) in [5.41, 5.74) is 2.29. The van der Waals surface area contributed by atoms with E-state index in [0.29, 0.717) is 5.92 Å². The Morgan fingerprint density at radius 2 is 1.77 bits per heavy atom. The minimum absolute atomic E-state index is 0.267. The first kappa shape index (κ1) is 17.6. The second kappa shape index (κ2) is 8.19. The third-order valence-electron chi connectivity index (χ3n) is 4.76. The lowest BCUT2D eigenvalue weighted by atomic mass is 9.83. The normalized spacial score (nSPS) is 16.7. The van der Waals surface area contributed by atoms with Crippen LogP contribution in [0.15, 0.2) is 24.3 Å². The molecule has 1 saturated carbocycles. The third-order valence-corrected chi connectivity index (χ3v) is 6.16. The maximum atomic E-state index is 12.7. The molecule has 0 atom stereocenters. The van der Waals surface area contributed by atoms with Crippen molar-refractivity contribution in [1.82, 2.24) is 0 Å². The lowest BCUT2D eigenvalue weighted by molar-refractivity contribution is 0.0958. The summed E-state index contributed by atoms with van der Waals surface area (Å²) >= 11 is 1.79. The van der Waals surface area contributed by atoms with E-state index in [4.69, 9.17) is 0 Å². The highest BCUT2D eigenvalue weighted by Crippen LogP contribution is 2.34. The summed E-state index contributed by atoms with van der Waals surface area (Å²) in [6.07, 6.45) is 9.09. The third kappa shape index (κ3) is 4.62. The summed E-state index contributed by atoms with van der Waals surface area (Å²) < 4.78 is -0.318. The minimum atomic E-state index is -0.318. The molecule has 1 aliphatic rings. The highest BCUT2D eigenvalue weighted by molar-refractivity contribution is 8.01. The van der Waals surface area contributed by atoms with E-state index >= 15 is 0 Å². The minimum Gasteiger partial charge on any atom is -0.293 e. The summed E-state index contributed by atoms with van der Waals surface area (Å²) in [5.74, 6) is 2.05. The van der Waals surface area contributed by atoms with Crippen molar-refractivity contribution >= 4 is 17.5 Å². The molecular formula is C20H30OS. The number of unbranched alkanes of at least 4 members (excludes halogenated alkanes) is 1. The van der Waals surface area contributed by atoms with Crippen molar-refractivity contribution in [2.45, 2.75) is 76.4 Å². The van der Waals surface area contributed by atoms with Gasteiger partial charge >= 0.3 is 0 Å². The standard InChI is InChI=1S/C20H30OS/c1-4-5-15-22-20(2,3)19(21)18-13-11-17(12-14-18)16-9-7-6-8-10-16/h11-14,16H,4-10,15H2,1-3H3. The molecule has 1 nitrogen and oxygen atoms in total. The van der Waals surface area contributed by atoms with Gasteiger partial charge in [-0.15, -0.1) is 11.8 Å². The van der Waals surface area contributed by atoms with Crippen LogP contribution < -0.4 is 0 Å². The van der Waals surface area contributed by atoms with Crippen LogP contribution in [0.1, 0.15) is 87.6 Å². The van der Waals surface area contributed by atoms with Gasteiger partial charge in [0.25, 0.3) is 0 Å². The van der Waals surface area contributed by atoms with E-state index in [1.165, 1.54) is 50.5 Å². The molecule has 0 bridgehead atoms. The quantitative estimate of drug-likeness (QED) is 0.438. The largest absolute Gasteiger partial charge is 0.293 e. The number of benzene rings is 1. The molecule has 1 aromatic rings. The molecule has 0 aromatic heterocycles. The monoisotopic (exact) mass is 318 g/mol. The molecule has 2 rings (SSSR count). The number of ketones is 1. The molecule has 0 heterocycles. The first-order chi connectivity index (χ1) is 10.5. The van der Waals surface area contributed by atoms with Crippen LogP contribution in [0.5, 0.6) is 0 Å². The Bertz CT molecular complexity index is 469. The second-order valence-corrected chi connectivity index (χ2v) is 8.72. The molecule has 0 radical (unpaired) electrons. The van der Waals surface area contributed by atoms with Gasteiger partial charge in [-0.05, 0) is 50.3 Å². The Labute approximate surface area is 140 Å². The number of thioether (sulfide) groups is 1. The van der Waals surface area contributed by atoms with Crippen LogP contribution in [0.4, 0.5) is 0 Å². The molecule has 0 spiro atoms. The van der Waals surface area contributed by atoms with Crippen LogP contribution in [0, 0.1) is 0 Å². The maximum absolute atomic E-state index is 12.7. The van der Waals surface area contributed by atoms with Crippen LogP contribution in [0.25, 0.3) is 0 Å². The van der Waals surface area contributed by atoms with Gasteiger partial charge in [0.05, 0.1) is 4.75 Å². The van der Waals surface area contributed by atoms with Gasteiger partial charge < -0.3 is 0 Å². The molecule has 22 heavy (non-hydrogen) atoms. The van der Waals surface area contributed by atoms with Crippen molar-refractivity contribution in [3.63, 3.8) is 0 Å². The summed E-state index contributed by atoms with van der Waals surface area (Å²) in [6.45, 7) is 6.31. The molecule has 1 fully saturated rings. The highest BCUT2D eigenvalue weighted by atomic mass is 32.2. The number of hydrogen-bond donors (Lipinski definition) is 0. The van der Waals surface area contributed by atoms with Crippen LogP contribution >= 0.6 is 11.8 Å². The molecule has 2 heteroatoms. The van der Waals surface area contributed by atoms with E-state index in [1.54, 1.807) is 11.8 Å². The highest BCUT2D eigenvalue weighted by Gasteiger charge is 2.29. The molecule has 0 N–H and O–H groups in total. The molecule has 1 aromatic carbocycles. The van der Waals surface area contributed by atoms with Gasteiger partial charge in [-0.3, -0.25) is 4.79 Å². The first-order valence-corrected chi connectivity index (χ1v) is 9.82. The van der Waals surface area contributed by atoms with Crippen LogP contribution in [-0.4, -0.2) is 16.3 Å². The van der Waals surface area contributed by atoms with Crippen molar-refractivity contribution in [3.05, 3.63) is 35.4 Å². The fourth-order valence-electron chi connectivity index (χ4n) is 3.23. The topological polar surface area (TPSA) is 17.1 Å². The Balaban J connectivity index is 2.00. The Hall–Kier alpha value is -0.760. The van der Waals surface area contributed by atoms with Gasteiger partial charge in [0.1, 0.15) is 0 Å². The van der Waals surface area contributed by atoms with Crippen LogP contribution in [0.3, 0.4) is 0 Å². The van der Waals surface area contributed by atoms with E-state index in [-0.39, 0.29) is 10.5 Å². The maximum Gasteiger partial charge on any atom is 0.178 e. The van der Waals surface area contributed by atoms with Gasteiger partial charge in [-0.2, -0.15) is 0 Å². The fraction of sp³-hybridized carbons (Fsp3) is 0.650. The van der Waals surface area contributed by atoms with Gasteiger partial charge in [-0.25, -0.2) is 0 Å². The van der Waals surface area contributed by atoms with Crippen molar-refractivity contribution in [2.75, 3.05) is 5.75 Å². The van der Waals surface area contributed by atoms with Gasteiger partial charge in [0.15, 0.2) is 5.78 Å². The lowest BCUT2D eigenvalue weighted by Gasteiger charge is -2.24. The number of carbonyl (C=O) groups excluding carboxylic acids is 1. The van der Waals surface area contributed by atoms with Crippen molar-refractivity contribution in [1.29, 1.82) is 0 Å². The van der Waals surface area contributed by atoms with E-state index in [0.717, 1.165) is 11.3 Å². The second-order valence-electron chi connectivity index (χ2n) is 7.00. The first-order valence-electron chi connectivity index (χ1n) is 8.83. The predicted octanol–water partition coefficient (Wildman–Crippen LogP) is 6.23. The SMILES string of the molecule is CCCCSC(C)(C)C(=O)c1ccc(C2CCCCC2)cc1. The average Bonchev–Trinajstić information content (AvgIpc) is 2.55. The zero-order valence-corrected chi connectivity index (χ0v) is 15.2. The van der Waals surface area contributed by atoms with E-state index < -0.39 is 0 Å². The zero-order chi connectivity index (χ0) is 16.0. The Kier molecular flexibility index (Phi) is 6.55. The number of rotatable bonds is 7. The number of carbonyl (C=O) groups is 1. The molecule has 0 unspecified atom stereocenters. The van der Waals surface area contributed by atoms with Gasteiger partial charge in [0.2, 0.25) is 0 Å². The van der Waals surface area contributed by atoms with Crippen molar-refractivity contribution < 1.29 is 4.79 Å². The lowest BCUT2D eigenvalue weighted by Crippen LogP contribution is -2.28. The zero-order valence-electron chi connectivity index (χ0n) is 14.4. The van der Waals surface area contributed by atoms with E-state index in [9.17, 15) is 4.79 Å². The van der Waals surface area contributed by atoms with E-state index in [1.807, 2.05) is 0 Å². The molecule has 0 amide bonds. The summed E-state index contributed by atoms with van der Waals surface area (Å²) in [4.78, 5) is 12.7. The van der Waals surface area contributed by atoms with E-state index in [2.05, 4.69) is 45.0 Å². The van der Waals surface area contributed by atoms with Crippen LogP contribution in [-0.2, 0) is 0 Å². The number of hydrogen-bond acceptors (Lipinski definition) is 2. The molecular weight excluding hydrogens is 288 g/mol. The Morgan fingerprint density at radius 1 is 1.14 bits per heavy atom. The Morgan fingerprint density at radius 3 is 2.36 bits per heavy atom. The van der Waals surface area contributed by atoms with Crippen molar-refractivity contribution in [2.24, 2.45) is 0 Å². The summed E-state index contributed by atoms with van der Waals surface area (Å²) in [7, 11) is 0. The summed E-state index contributed by atoms with van der Waals surface area (Å²) in [6, 6.07) is 8.48. The smallest absolute Gasteiger partial charge is 0.178 e. The molecule has 0 aliphatic heterocycles. The fourth-order valence-corrected chi connectivity index (χ4v) is 4.42. The van der Waals surface area contributed by atoms with Gasteiger partial charge in [-0.1, -0.05) is 56.9 Å². The number of Topliss-reactive ketones (excluding diaryl/α,β-unsaturated/α-hetero) is 1. The predicted molar refractivity (Wildman–Crippen MR) is 98.0 cm³/mol. The molecule has 122 valence electrons. The van der Waals surface area contributed by atoms with Crippen LogP contribution in [0.2, 0.25) is 0 Å². The van der Waals surface area contributed by atoms with Gasteiger partial charge in [0, 0.05) is 5.56 Å². The molecule has 0 saturated heterocycles. The average molecular weight is 319 g/mol. The summed E-state index contributed by atoms with van der Waals surface area (Å²) in [5, 5.41) is 0. The molecule has 1 aliphatic carbocycles. The van der Waals surface area contributed by atoms with Crippen molar-refractivity contribution in [3.8, 4) is 0 Å².